The topological polar surface area (TPSA) is 55.5 Å². The zero-order valence-corrected chi connectivity index (χ0v) is 14.4. The highest BCUT2D eigenvalue weighted by Gasteiger charge is 2.35. The fourth-order valence-corrected chi connectivity index (χ4v) is 2.10. The molecule has 5 heteroatoms. The fraction of sp³-hybridized carbons (Fsp3) is 0.316. The fourth-order valence-electron chi connectivity index (χ4n) is 2.10. The number of aliphatic hydroxyl groups is 1. The van der Waals surface area contributed by atoms with Gasteiger partial charge in [-0.25, -0.2) is 4.98 Å². The first-order chi connectivity index (χ1) is 11.3. The van der Waals surface area contributed by atoms with Crippen LogP contribution >= 0.6 is 0 Å². The lowest BCUT2D eigenvalue weighted by Gasteiger charge is -2.37. The van der Waals surface area contributed by atoms with Crippen LogP contribution in [0.4, 0.5) is 0 Å². The minimum atomic E-state index is -0.957. The van der Waals surface area contributed by atoms with E-state index < -0.39 is 11.2 Å². The van der Waals surface area contributed by atoms with Crippen molar-refractivity contribution in [2.24, 2.45) is 0 Å². The molecule has 0 atom stereocenters. The smallest absolute Gasteiger partial charge is 0.330 e. The number of aromatic nitrogens is 1. The molecule has 24 heavy (non-hydrogen) atoms. The molecule has 0 spiro atoms. The molecule has 1 heterocycles. The van der Waals surface area contributed by atoms with Gasteiger partial charge in [0.25, 0.3) is 0 Å². The number of nitrogens with zero attached hydrogens (tertiary/aromatic N) is 1. The molecule has 3 rings (SSSR count). The third kappa shape index (κ3) is 3.37. The third-order valence-corrected chi connectivity index (χ3v) is 4.39. The van der Waals surface area contributed by atoms with Crippen LogP contribution < -0.4 is 5.46 Å². The molecule has 123 valence electrons. The van der Waals surface area contributed by atoms with Crippen LogP contribution in [0, 0.1) is 0 Å². The molecule has 1 N–H and O–H groups in total. The van der Waals surface area contributed by atoms with Gasteiger partial charge in [-0.15, -0.1) is 0 Å². The maximum Gasteiger partial charge on any atom is 0.330 e. The molecule has 0 saturated heterocycles. The Bertz CT molecular complexity index is 816. The Hall–Kier alpha value is -2.11. The quantitative estimate of drug-likeness (QED) is 0.732. The number of benzene rings is 2. The monoisotopic (exact) mass is 322 g/mol. The van der Waals surface area contributed by atoms with Gasteiger partial charge in [-0.2, -0.15) is 0 Å². The van der Waals surface area contributed by atoms with Crippen molar-refractivity contribution >= 4 is 24.0 Å². The van der Waals surface area contributed by atoms with Gasteiger partial charge in [-0.05, 0) is 45.9 Å². The minimum Gasteiger partial charge on any atom is -0.436 e. The maximum absolute atomic E-state index is 10.2. The van der Waals surface area contributed by atoms with E-state index in [0.29, 0.717) is 5.89 Å². The molecule has 0 amide bonds. The van der Waals surface area contributed by atoms with Crippen molar-refractivity contribution in [2.45, 2.75) is 38.9 Å². The van der Waals surface area contributed by atoms with Crippen molar-refractivity contribution in [3.05, 3.63) is 48.5 Å². The second kappa shape index (κ2) is 6.08. The normalized spacial score (nSPS) is 12.5. The van der Waals surface area contributed by atoms with E-state index in [2.05, 4.69) is 4.98 Å². The van der Waals surface area contributed by atoms with Gasteiger partial charge in [0.1, 0.15) is 5.52 Å². The standard InChI is InChI=1S/C19H21BNO3/c1-18(2,22)19(3,4)24-20-14-9-7-8-13(12-14)17-21-15-10-5-6-11-16(15)23-17/h5-12,22H,1-4H3. The summed E-state index contributed by atoms with van der Waals surface area (Å²) < 4.78 is 11.6. The second-order valence-corrected chi connectivity index (χ2v) is 6.92. The average molecular weight is 322 g/mol. The van der Waals surface area contributed by atoms with Gasteiger partial charge in [0.05, 0.1) is 11.2 Å². The van der Waals surface area contributed by atoms with Crippen molar-refractivity contribution in [1.29, 1.82) is 0 Å². The van der Waals surface area contributed by atoms with Crippen LogP contribution in [-0.4, -0.2) is 28.8 Å². The number of hydrogen-bond acceptors (Lipinski definition) is 4. The van der Waals surface area contributed by atoms with E-state index in [1.165, 1.54) is 0 Å². The molecule has 3 aromatic rings. The molecule has 0 fully saturated rings. The molecule has 0 saturated carbocycles. The lowest BCUT2D eigenvalue weighted by Crippen LogP contribution is -2.49. The van der Waals surface area contributed by atoms with Crippen molar-refractivity contribution < 1.29 is 14.2 Å². The molecule has 0 aliphatic carbocycles. The highest BCUT2D eigenvalue weighted by molar-refractivity contribution is 6.47. The number of fused-ring (bicyclic) bond motifs is 1. The van der Waals surface area contributed by atoms with Gasteiger partial charge in [-0.1, -0.05) is 35.8 Å². The summed E-state index contributed by atoms with van der Waals surface area (Å²) in [7, 11) is 1.66. The Kier molecular flexibility index (Phi) is 4.24. The first-order valence-electron chi connectivity index (χ1n) is 7.96. The lowest BCUT2D eigenvalue weighted by molar-refractivity contribution is -0.0893. The average Bonchev–Trinajstić information content (AvgIpc) is 2.96. The summed E-state index contributed by atoms with van der Waals surface area (Å²) in [6.45, 7) is 7.17. The summed E-state index contributed by atoms with van der Waals surface area (Å²) in [5.41, 5.74) is 1.70. The van der Waals surface area contributed by atoms with Crippen molar-refractivity contribution in [3.63, 3.8) is 0 Å². The Morgan fingerprint density at radius 2 is 1.79 bits per heavy atom. The SMILES string of the molecule is CC(C)(O)C(C)(C)O[B]c1cccc(-c2nc3ccccc3o2)c1. The summed E-state index contributed by atoms with van der Waals surface area (Å²) >= 11 is 0. The molecule has 4 nitrogen and oxygen atoms in total. The molecule has 0 unspecified atom stereocenters. The highest BCUT2D eigenvalue weighted by atomic mass is 16.5. The molecular formula is C19H21BNO3. The van der Waals surface area contributed by atoms with E-state index in [4.69, 9.17) is 9.07 Å². The maximum atomic E-state index is 10.2. The Morgan fingerprint density at radius 1 is 1.04 bits per heavy atom. The van der Waals surface area contributed by atoms with Crippen LogP contribution in [0.1, 0.15) is 27.7 Å². The molecule has 0 bridgehead atoms. The summed E-state index contributed by atoms with van der Waals surface area (Å²) in [4.78, 5) is 4.51. The summed E-state index contributed by atoms with van der Waals surface area (Å²) in [6.07, 6.45) is 0. The van der Waals surface area contributed by atoms with E-state index in [1.807, 2.05) is 62.4 Å². The predicted octanol–water partition coefficient (Wildman–Crippen LogP) is 3.31. The Morgan fingerprint density at radius 3 is 2.50 bits per heavy atom. The first kappa shape index (κ1) is 16.7. The second-order valence-electron chi connectivity index (χ2n) is 6.92. The number of hydrogen-bond donors (Lipinski definition) is 1. The molecule has 0 aliphatic rings. The van der Waals surface area contributed by atoms with E-state index in [1.54, 1.807) is 21.3 Å². The van der Waals surface area contributed by atoms with E-state index >= 15 is 0 Å². The van der Waals surface area contributed by atoms with Crippen LogP contribution in [0.5, 0.6) is 0 Å². The van der Waals surface area contributed by atoms with Crippen LogP contribution in [-0.2, 0) is 4.65 Å². The minimum absolute atomic E-state index is 0.577. The molecule has 0 aliphatic heterocycles. The van der Waals surface area contributed by atoms with Gasteiger partial charge in [0, 0.05) is 5.56 Å². The zero-order chi connectivity index (χ0) is 17.4. The molecule has 1 aromatic heterocycles. The molecular weight excluding hydrogens is 301 g/mol. The van der Waals surface area contributed by atoms with E-state index in [-0.39, 0.29) is 0 Å². The number of para-hydroxylation sites is 2. The number of rotatable bonds is 5. The summed E-state index contributed by atoms with van der Waals surface area (Å²) in [6, 6.07) is 15.4. The Labute approximate surface area is 142 Å². The van der Waals surface area contributed by atoms with Crippen molar-refractivity contribution in [1.82, 2.24) is 4.98 Å². The van der Waals surface area contributed by atoms with Crippen LogP contribution in [0.15, 0.2) is 52.9 Å². The van der Waals surface area contributed by atoms with Gasteiger partial charge >= 0.3 is 7.48 Å². The van der Waals surface area contributed by atoms with E-state index in [9.17, 15) is 5.11 Å². The van der Waals surface area contributed by atoms with Crippen LogP contribution in [0.3, 0.4) is 0 Å². The van der Waals surface area contributed by atoms with Gasteiger partial charge in [-0.3, -0.25) is 0 Å². The summed E-state index contributed by atoms with van der Waals surface area (Å²) in [5, 5.41) is 10.2. The van der Waals surface area contributed by atoms with Crippen molar-refractivity contribution in [2.75, 3.05) is 0 Å². The first-order valence-corrected chi connectivity index (χ1v) is 7.96. The van der Waals surface area contributed by atoms with Gasteiger partial charge < -0.3 is 14.2 Å². The van der Waals surface area contributed by atoms with Gasteiger partial charge in [0.15, 0.2) is 5.58 Å². The summed E-state index contributed by atoms with van der Waals surface area (Å²) in [5.74, 6) is 0.577. The van der Waals surface area contributed by atoms with Crippen LogP contribution in [0.25, 0.3) is 22.6 Å². The third-order valence-electron chi connectivity index (χ3n) is 4.39. The zero-order valence-electron chi connectivity index (χ0n) is 14.4. The van der Waals surface area contributed by atoms with Crippen LogP contribution in [0.2, 0.25) is 0 Å². The largest absolute Gasteiger partial charge is 0.436 e. The predicted molar refractivity (Wildman–Crippen MR) is 96.3 cm³/mol. The lowest BCUT2D eigenvalue weighted by atomic mass is 9.82. The van der Waals surface area contributed by atoms with Gasteiger partial charge in [0.2, 0.25) is 5.89 Å². The highest BCUT2D eigenvalue weighted by Crippen LogP contribution is 2.25. The molecule has 1 radical (unpaired) electrons. The number of oxazole rings is 1. The van der Waals surface area contributed by atoms with Crippen molar-refractivity contribution in [3.8, 4) is 11.5 Å². The molecule has 2 aromatic carbocycles. The van der Waals surface area contributed by atoms with E-state index in [0.717, 1.165) is 22.1 Å². The Balaban J connectivity index is 1.82.